The van der Waals surface area contributed by atoms with Gasteiger partial charge in [0.1, 0.15) is 6.04 Å². The lowest BCUT2D eigenvalue weighted by molar-refractivity contribution is -0.137. The first-order chi connectivity index (χ1) is 13.7. The van der Waals surface area contributed by atoms with Gasteiger partial charge in [0.25, 0.3) is 5.91 Å². The van der Waals surface area contributed by atoms with Crippen molar-refractivity contribution >= 4 is 45.7 Å². The molecule has 1 heterocycles. The van der Waals surface area contributed by atoms with E-state index in [9.17, 15) is 22.8 Å². The highest BCUT2D eigenvalue weighted by Gasteiger charge is 2.46. The van der Waals surface area contributed by atoms with Crippen molar-refractivity contribution in [2.24, 2.45) is 0 Å². The first kappa shape index (κ1) is 19.3. The molecule has 148 valence electrons. The van der Waals surface area contributed by atoms with Gasteiger partial charge < -0.3 is 0 Å². The van der Waals surface area contributed by atoms with Crippen LogP contribution in [0.3, 0.4) is 0 Å². The molecule has 0 aromatic heterocycles. The third kappa shape index (κ3) is 3.11. The molecular formula is C21H14ClF3N2O2. The van der Waals surface area contributed by atoms with E-state index < -0.39 is 29.7 Å². The third-order valence-corrected chi connectivity index (χ3v) is 5.22. The van der Waals surface area contributed by atoms with Crippen LogP contribution in [-0.4, -0.2) is 18.0 Å². The molecule has 3 aromatic carbocycles. The minimum absolute atomic E-state index is 0.119. The quantitative estimate of drug-likeness (QED) is 0.488. The van der Waals surface area contributed by atoms with Crippen LogP contribution < -0.4 is 9.80 Å². The van der Waals surface area contributed by atoms with Gasteiger partial charge >= 0.3 is 12.2 Å². The van der Waals surface area contributed by atoms with Crippen molar-refractivity contribution in [2.45, 2.75) is 19.1 Å². The lowest BCUT2D eigenvalue weighted by Crippen LogP contribution is -2.34. The van der Waals surface area contributed by atoms with Gasteiger partial charge in [-0.15, -0.1) is 0 Å². The molecule has 0 bridgehead atoms. The Kier molecular flexibility index (Phi) is 4.50. The smallest absolute Gasteiger partial charge is 0.281 e. The maximum absolute atomic E-state index is 13.2. The molecular weight excluding hydrogens is 405 g/mol. The van der Waals surface area contributed by atoms with E-state index in [1.165, 1.54) is 11.8 Å². The third-order valence-electron chi connectivity index (χ3n) is 4.90. The highest BCUT2D eigenvalue weighted by molar-refractivity contribution is 6.37. The van der Waals surface area contributed by atoms with E-state index in [0.29, 0.717) is 10.6 Å². The summed E-state index contributed by atoms with van der Waals surface area (Å²) >= 11 is 6.06. The fourth-order valence-corrected chi connectivity index (χ4v) is 3.68. The average Bonchev–Trinajstić information content (AvgIpc) is 2.90. The summed E-state index contributed by atoms with van der Waals surface area (Å²) in [5.41, 5.74) is -0.778. The van der Waals surface area contributed by atoms with E-state index in [1.807, 2.05) is 24.3 Å². The first-order valence-corrected chi connectivity index (χ1v) is 9.09. The minimum Gasteiger partial charge on any atom is -0.281 e. The molecule has 1 atom stereocenters. The van der Waals surface area contributed by atoms with Crippen LogP contribution in [0, 0.1) is 0 Å². The van der Waals surface area contributed by atoms with E-state index in [1.54, 1.807) is 18.2 Å². The summed E-state index contributed by atoms with van der Waals surface area (Å²) in [6, 6.07) is 13.6. The van der Waals surface area contributed by atoms with Gasteiger partial charge in [-0.25, -0.2) is 9.69 Å². The molecule has 0 N–H and O–H groups in total. The summed E-state index contributed by atoms with van der Waals surface area (Å²) in [7, 11) is 0. The van der Waals surface area contributed by atoms with E-state index in [2.05, 4.69) is 0 Å². The second-order valence-electron chi connectivity index (χ2n) is 6.66. The number of hydrogen-bond acceptors (Lipinski definition) is 2. The van der Waals surface area contributed by atoms with Crippen molar-refractivity contribution < 1.29 is 22.8 Å². The second kappa shape index (κ2) is 6.77. The zero-order valence-corrected chi connectivity index (χ0v) is 15.8. The average molecular weight is 419 g/mol. The molecule has 3 amide bonds. The SMILES string of the molecule is CC1C(=O)N(c2cc(C(F)(F)F)ccc2Cl)C(=O)N1c1cccc2ccccc12. The summed E-state index contributed by atoms with van der Waals surface area (Å²) in [5, 5.41) is 1.50. The fourth-order valence-electron chi connectivity index (χ4n) is 3.48. The number of amides is 3. The molecule has 1 saturated heterocycles. The van der Waals surface area contributed by atoms with Crippen molar-refractivity contribution in [1.29, 1.82) is 0 Å². The number of nitrogens with zero attached hydrogens (tertiary/aromatic N) is 2. The van der Waals surface area contributed by atoms with Gasteiger partial charge in [-0.2, -0.15) is 13.2 Å². The minimum atomic E-state index is -4.63. The zero-order chi connectivity index (χ0) is 20.9. The summed E-state index contributed by atoms with van der Waals surface area (Å²) in [5.74, 6) is -0.649. The summed E-state index contributed by atoms with van der Waals surface area (Å²) in [4.78, 5) is 28.0. The largest absolute Gasteiger partial charge is 0.416 e. The van der Waals surface area contributed by atoms with Crippen LogP contribution in [0.15, 0.2) is 60.7 Å². The topological polar surface area (TPSA) is 40.6 Å². The number of benzene rings is 3. The number of imide groups is 1. The number of alkyl halides is 3. The Morgan fingerprint density at radius 2 is 1.62 bits per heavy atom. The van der Waals surface area contributed by atoms with Gasteiger partial charge in [-0.05, 0) is 36.6 Å². The number of carbonyl (C=O) groups excluding carboxylic acids is 2. The van der Waals surface area contributed by atoms with Crippen LogP contribution in [0.4, 0.5) is 29.3 Å². The van der Waals surface area contributed by atoms with E-state index in [-0.39, 0.29) is 10.7 Å². The Bertz CT molecular complexity index is 1140. The summed E-state index contributed by atoms with van der Waals surface area (Å²) in [6.07, 6.45) is -4.63. The number of urea groups is 1. The predicted molar refractivity (Wildman–Crippen MR) is 105 cm³/mol. The molecule has 0 aliphatic carbocycles. The highest BCUT2D eigenvalue weighted by Crippen LogP contribution is 2.39. The predicted octanol–water partition coefficient (Wildman–Crippen LogP) is 5.87. The van der Waals surface area contributed by atoms with Crippen LogP contribution in [0.25, 0.3) is 10.8 Å². The molecule has 1 fully saturated rings. The molecule has 8 heteroatoms. The first-order valence-electron chi connectivity index (χ1n) is 8.72. The van der Waals surface area contributed by atoms with Gasteiger partial charge in [0.2, 0.25) is 0 Å². The normalized spacial score (nSPS) is 17.5. The molecule has 0 spiro atoms. The Balaban J connectivity index is 1.83. The van der Waals surface area contributed by atoms with Gasteiger partial charge in [0.05, 0.1) is 22.0 Å². The number of anilines is 2. The van der Waals surface area contributed by atoms with E-state index in [0.717, 1.165) is 29.0 Å². The molecule has 4 rings (SSSR count). The van der Waals surface area contributed by atoms with Gasteiger partial charge in [0, 0.05) is 5.39 Å². The van der Waals surface area contributed by atoms with Crippen LogP contribution in [0.1, 0.15) is 12.5 Å². The Hall–Kier alpha value is -3.06. The number of halogens is 4. The van der Waals surface area contributed by atoms with Gasteiger partial charge in [0.15, 0.2) is 0 Å². The molecule has 0 saturated carbocycles. The lowest BCUT2D eigenvalue weighted by Gasteiger charge is -2.22. The van der Waals surface area contributed by atoms with Crippen molar-refractivity contribution in [3.63, 3.8) is 0 Å². The number of hydrogen-bond donors (Lipinski definition) is 0. The monoisotopic (exact) mass is 418 g/mol. The maximum Gasteiger partial charge on any atom is 0.416 e. The highest BCUT2D eigenvalue weighted by atomic mass is 35.5. The van der Waals surface area contributed by atoms with Crippen molar-refractivity contribution in [3.05, 3.63) is 71.2 Å². The lowest BCUT2D eigenvalue weighted by atomic mass is 10.1. The summed E-state index contributed by atoms with van der Waals surface area (Å²) in [6.45, 7) is 1.53. The van der Waals surface area contributed by atoms with E-state index in [4.69, 9.17) is 11.6 Å². The number of fused-ring (bicyclic) bond motifs is 1. The number of carbonyl (C=O) groups is 2. The Labute approximate surface area is 169 Å². The van der Waals surface area contributed by atoms with Crippen molar-refractivity contribution in [2.75, 3.05) is 9.80 Å². The van der Waals surface area contributed by atoms with E-state index >= 15 is 0 Å². The van der Waals surface area contributed by atoms with Crippen LogP contribution in [0.5, 0.6) is 0 Å². The van der Waals surface area contributed by atoms with Crippen LogP contribution in [-0.2, 0) is 11.0 Å². The molecule has 0 radical (unpaired) electrons. The van der Waals surface area contributed by atoms with Crippen LogP contribution >= 0.6 is 11.6 Å². The molecule has 1 aliphatic heterocycles. The molecule has 1 aliphatic rings. The molecule has 4 nitrogen and oxygen atoms in total. The molecule has 29 heavy (non-hydrogen) atoms. The fraction of sp³-hybridized carbons (Fsp3) is 0.143. The van der Waals surface area contributed by atoms with Gasteiger partial charge in [-0.1, -0.05) is 48.0 Å². The Morgan fingerprint density at radius 3 is 2.34 bits per heavy atom. The van der Waals surface area contributed by atoms with Crippen LogP contribution in [0.2, 0.25) is 5.02 Å². The number of rotatable bonds is 2. The maximum atomic E-state index is 13.2. The standard InChI is InChI=1S/C21H14ClF3N2O2/c1-12-19(28)27(18-11-14(21(23,24)25)9-10-16(18)22)20(29)26(12)17-8-4-6-13-5-2-3-7-15(13)17/h2-12H,1H3. The zero-order valence-electron chi connectivity index (χ0n) is 15.1. The second-order valence-corrected chi connectivity index (χ2v) is 7.07. The molecule has 1 unspecified atom stereocenters. The molecule has 3 aromatic rings. The van der Waals surface area contributed by atoms with Gasteiger partial charge in [-0.3, -0.25) is 9.69 Å². The van der Waals surface area contributed by atoms with Crippen molar-refractivity contribution in [1.82, 2.24) is 0 Å². The van der Waals surface area contributed by atoms with Crippen molar-refractivity contribution in [3.8, 4) is 0 Å². The summed E-state index contributed by atoms with van der Waals surface area (Å²) < 4.78 is 39.4. The Morgan fingerprint density at radius 1 is 0.931 bits per heavy atom.